The van der Waals surface area contributed by atoms with Crippen molar-refractivity contribution in [1.29, 1.82) is 0 Å². The largest absolute Gasteiger partial charge is 0.360 e. The van der Waals surface area contributed by atoms with Crippen LogP contribution in [0.1, 0.15) is 65.7 Å². The molecule has 0 spiro atoms. The fraction of sp³-hybridized carbons (Fsp3) is 0.429. The highest BCUT2D eigenvalue weighted by atomic mass is 16.5. The molecule has 0 saturated heterocycles. The van der Waals surface area contributed by atoms with Crippen LogP contribution < -0.4 is 5.56 Å². The summed E-state index contributed by atoms with van der Waals surface area (Å²) in [6, 6.07) is 5.32. The highest BCUT2D eigenvalue weighted by Crippen LogP contribution is 2.21. The summed E-state index contributed by atoms with van der Waals surface area (Å²) in [5.41, 5.74) is 3.51. The van der Waals surface area contributed by atoms with Crippen LogP contribution in [0.25, 0.3) is 5.82 Å². The van der Waals surface area contributed by atoms with Crippen molar-refractivity contribution in [3.63, 3.8) is 0 Å². The zero-order chi connectivity index (χ0) is 20.8. The summed E-state index contributed by atoms with van der Waals surface area (Å²) in [5, 5.41) is 3.98. The fourth-order valence-electron chi connectivity index (χ4n) is 3.07. The number of rotatable bonds is 5. The molecule has 0 fully saturated rings. The fourth-order valence-corrected chi connectivity index (χ4v) is 3.07. The zero-order valence-corrected chi connectivity index (χ0v) is 17.4. The van der Waals surface area contributed by atoms with Gasteiger partial charge in [0.1, 0.15) is 11.6 Å². The predicted octanol–water partition coefficient (Wildman–Crippen LogP) is 4.01. The summed E-state index contributed by atoms with van der Waals surface area (Å²) in [6.07, 6.45) is 2.42. The Hall–Kier alpha value is -2.96. The van der Waals surface area contributed by atoms with Gasteiger partial charge >= 0.3 is 0 Å². The van der Waals surface area contributed by atoms with Crippen LogP contribution in [-0.2, 0) is 6.42 Å². The summed E-state index contributed by atoms with van der Waals surface area (Å²) in [6.45, 7) is 11.5. The van der Waals surface area contributed by atoms with Gasteiger partial charge < -0.3 is 9.51 Å². The molecule has 7 nitrogen and oxygen atoms in total. The van der Waals surface area contributed by atoms with Gasteiger partial charge in [0.15, 0.2) is 11.6 Å². The van der Waals surface area contributed by atoms with Crippen LogP contribution >= 0.6 is 0 Å². The first kappa shape index (κ1) is 21.3. The molecule has 0 bridgehead atoms. The average Bonchev–Trinajstić information content (AvgIpc) is 3.17. The molecule has 150 valence electrons. The normalized spacial score (nSPS) is 10.5. The number of hydrogen-bond donors (Lipinski definition) is 1. The number of nitrogens with zero attached hydrogens (tertiary/aromatic N) is 3. The Morgan fingerprint density at radius 1 is 1.14 bits per heavy atom. The van der Waals surface area contributed by atoms with Gasteiger partial charge in [-0.25, -0.2) is 4.98 Å². The summed E-state index contributed by atoms with van der Waals surface area (Å²) in [5.74, 6) is 2.34. The van der Waals surface area contributed by atoms with Gasteiger partial charge in [0.2, 0.25) is 0 Å². The van der Waals surface area contributed by atoms with Gasteiger partial charge in [-0.1, -0.05) is 25.4 Å². The number of nitrogens with one attached hydrogen (secondary N) is 1. The van der Waals surface area contributed by atoms with E-state index in [0.29, 0.717) is 12.2 Å². The van der Waals surface area contributed by atoms with Crippen molar-refractivity contribution in [2.75, 3.05) is 0 Å². The van der Waals surface area contributed by atoms with Crippen molar-refractivity contribution >= 4 is 5.78 Å². The summed E-state index contributed by atoms with van der Waals surface area (Å²) < 4.78 is 7.01. The molecule has 3 aromatic rings. The van der Waals surface area contributed by atoms with E-state index >= 15 is 0 Å². The molecule has 0 aliphatic heterocycles. The van der Waals surface area contributed by atoms with Crippen molar-refractivity contribution in [2.24, 2.45) is 0 Å². The topological polar surface area (TPSA) is 93.8 Å². The smallest absolute Gasteiger partial charge is 0.251 e. The van der Waals surface area contributed by atoms with Crippen molar-refractivity contribution in [1.82, 2.24) is 19.7 Å². The first-order valence-corrected chi connectivity index (χ1v) is 9.49. The first-order valence-electron chi connectivity index (χ1n) is 9.49. The monoisotopic (exact) mass is 384 g/mol. The second-order valence-electron chi connectivity index (χ2n) is 6.76. The third-order valence-electron chi connectivity index (χ3n) is 4.32. The maximum absolute atomic E-state index is 11.8. The number of carbonyl (C=O) groups is 1. The third-order valence-corrected chi connectivity index (χ3v) is 4.32. The van der Waals surface area contributed by atoms with Gasteiger partial charge in [0, 0.05) is 41.2 Å². The van der Waals surface area contributed by atoms with Gasteiger partial charge in [0.05, 0.1) is 0 Å². The van der Waals surface area contributed by atoms with E-state index in [1.54, 1.807) is 13.0 Å². The third kappa shape index (κ3) is 5.06. The molecule has 0 amide bonds. The molecule has 0 unspecified atom stereocenters. The minimum atomic E-state index is -0.0547. The molecule has 7 heteroatoms. The predicted molar refractivity (Wildman–Crippen MR) is 108 cm³/mol. The van der Waals surface area contributed by atoms with Gasteiger partial charge in [-0.05, 0) is 40.2 Å². The molecule has 0 aliphatic rings. The van der Waals surface area contributed by atoms with E-state index in [1.165, 1.54) is 0 Å². The van der Waals surface area contributed by atoms with E-state index in [0.717, 1.165) is 47.1 Å². The molecular weight excluding hydrogens is 356 g/mol. The lowest BCUT2D eigenvalue weighted by atomic mass is 10.1. The molecular formula is C21H28N4O3. The van der Waals surface area contributed by atoms with Crippen LogP contribution in [0.3, 0.4) is 0 Å². The Morgan fingerprint density at radius 2 is 1.86 bits per heavy atom. The van der Waals surface area contributed by atoms with E-state index in [2.05, 4.69) is 22.0 Å². The van der Waals surface area contributed by atoms with Gasteiger partial charge in [0.25, 0.3) is 5.56 Å². The molecule has 3 rings (SSSR count). The number of hydrogen-bond acceptors (Lipinski definition) is 5. The van der Waals surface area contributed by atoms with E-state index < -0.39 is 0 Å². The first-order chi connectivity index (χ1) is 13.3. The molecule has 28 heavy (non-hydrogen) atoms. The second kappa shape index (κ2) is 9.30. The molecule has 3 aromatic heterocycles. The minimum Gasteiger partial charge on any atom is -0.360 e. The SMILES string of the molecule is CCC(=O)c1cc(C)n(-c2cc(C)on2)c1C.CCCc1cc(=O)[nH]c(C)n1. The van der Waals surface area contributed by atoms with Crippen LogP contribution in [0.15, 0.2) is 27.5 Å². The van der Waals surface area contributed by atoms with Crippen LogP contribution in [0.5, 0.6) is 0 Å². The molecule has 0 atom stereocenters. The maximum atomic E-state index is 11.8. The Balaban J connectivity index is 0.000000221. The molecule has 1 N–H and O–H groups in total. The van der Waals surface area contributed by atoms with Crippen molar-refractivity contribution in [2.45, 2.75) is 60.8 Å². The molecule has 3 heterocycles. The van der Waals surface area contributed by atoms with Crippen LogP contribution in [0.4, 0.5) is 0 Å². The van der Waals surface area contributed by atoms with Crippen LogP contribution in [0, 0.1) is 27.7 Å². The summed E-state index contributed by atoms with van der Waals surface area (Å²) in [7, 11) is 0. The lowest BCUT2D eigenvalue weighted by Crippen LogP contribution is -2.10. The van der Waals surface area contributed by atoms with Gasteiger partial charge in [-0.2, -0.15) is 0 Å². The number of Topliss-reactive ketones (excluding diaryl/α,β-unsaturated/α-hetero) is 1. The van der Waals surface area contributed by atoms with Crippen molar-refractivity contribution in [3.05, 3.63) is 62.8 Å². The number of carbonyl (C=O) groups excluding carboxylic acids is 1. The Bertz CT molecular complexity index is 1010. The van der Waals surface area contributed by atoms with E-state index in [9.17, 15) is 9.59 Å². The van der Waals surface area contributed by atoms with Crippen LogP contribution in [-0.4, -0.2) is 25.5 Å². The van der Waals surface area contributed by atoms with E-state index in [1.807, 2.05) is 44.4 Å². The summed E-state index contributed by atoms with van der Waals surface area (Å²) in [4.78, 5) is 29.4. The zero-order valence-electron chi connectivity index (χ0n) is 17.4. The van der Waals surface area contributed by atoms with E-state index in [-0.39, 0.29) is 11.3 Å². The Morgan fingerprint density at radius 3 is 2.39 bits per heavy atom. The highest BCUT2D eigenvalue weighted by Gasteiger charge is 2.16. The maximum Gasteiger partial charge on any atom is 0.251 e. The molecule has 0 aliphatic carbocycles. The highest BCUT2D eigenvalue weighted by molar-refractivity contribution is 5.97. The molecule has 0 saturated carbocycles. The number of aromatic amines is 1. The number of ketones is 1. The van der Waals surface area contributed by atoms with Gasteiger partial charge in [-0.3, -0.25) is 14.2 Å². The molecule has 0 radical (unpaired) electrons. The lowest BCUT2D eigenvalue weighted by molar-refractivity contribution is 0.0987. The molecule has 0 aromatic carbocycles. The second-order valence-corrected chi connectivity index (χ2v) is 6.76. The van der Waals surface area contributed by atoms with E-state index in [4.69, 9.17) is 4.52 Å². The summed E-state index contributed by atoms with van der Waals surface area (Å²) >= 11 is 0. The van der Waals surface area contributed by atoms with Crippen LogP contribution in [0.2, 0.25) is 0 Å². The quantitative estimate of drug-likeness (QED) is 0.671. The Labute approximate surface area is 164 Å². The number of H-pyrrole nitrogens is 1. The lowest BCUT2D eigenvalue weighted by Gasteiger charge is -2.04. The average molecular weight is 384 g/mol. The number of aryl methyl sites for hydroxylation is 4. The van der Waals surface area contributed by atoms with Crippen molar-refractivity contribution in [3.8, 4) is 5.82 Å². The minimum absolute atomic E-state index is 0.0547. The van der Waals surface area contributed by atoms with Crippen molar-refractivity contribution < 1.29 is 9.32 Å². The van der Waals surface area contributed by atoms with Gasteiger partial charge in [-0.15, -0.1) is 0 Å². The standard InChI is InChI=1S/C13H16N2O2.C8H12N2O/c1-5-12(16)11-6-8(2)15(10(11)4)13-7-9(3)17-14-13;1-3-4-7-5-8(11)10-6(2)9-7/h6-7H,5H2,1-4H3;5H,3-4H2,1-2H3,(H,9,10,11). The Kier molecular flexibility index (Phi) is 7.09. The number of aromatic nitrogens is 4.